The summed E-state index contributed by atoms with van der Waals surface area (Å²) in [4.78, 5) is 0. The molecular weight excluding hydrogens is 141 g/mol. The summed E-state index contributed by atoms with van der Waals surface area (Å²) < 4.78 is 19.2. The van der Waals surface area contributed by atoms with Gasteiger partial charge in [0.15, 0.2) is 15.6 Å². The SMILES string of the molecule is O=PC[PH](=O)Cl. The molecule has 0 saturated carbocycles. The first-order valence-electron chi connectivity index (χ1n) is 1.25. The third kappa shape index (κ3) is 4.62. The summed E-state index contributed by atoms with van der Waals surface area (Å²) in [6.07, 6.45) is 0. The average Bonchev–Trinajstić information content (AvgIpc) is 1.35. The Bertz CT molecular complexity index is 71.9. The smallest absolute Gasteiger partial charge is 0.169 e. The first kappa shape index (κ1) is 6.62. The van der Waals surface area contributed by atoms with E-state index in [1.807, 2.05) is 0 Å². The fraction of sp³-hybridized carbons (Fsp3) is 1.00. The summed E-state index contributed by atoms with van der Waals surface area (Å²) in [6, 6.07) is 0. The van der Waals surface area contributed by atoms with E-state index in [0.29, 0.717) is 0 Å². The van der Waals surface area contributed by atoms with Crippen LogP contribution in [0.5, 0.6) is 0 Å². The van der Waals surface area contributed by atoms with Gasteiger partial charge in [-0.15, -0.1) is 0 Å². The van der Waals surface area contributed by atoms with E-state index in [2.05, 4.69) is 0 Å². The maximum atomic E-state index is 9.79. The molecule has 1 unspecified atom stereocenters. The van der Waals surface area contributed by atoms with Crippen molar-refractivity contribution in [3.05, 3.63) is 0 Å². The van der Waals surface area contributed by atoms with Gasteiger partial charge in [-0.3, -0.25) is 4.57 Å². The second kappa shape index (κ2) is 3.80. The number of hydrogen-bond acceptors (Lipinski definition) is 2. The Morgan fingerprint density at radius 3 is 2.33 bits per heavy atom. The molecule has 0 aliphatic carbocycles. The predicted molar refractivity (Wildman–Crippen MR) is 27.3 cm³/mol. The fourth-order valence-corrected chi connectivity index (χ4v) is 0.896. The van der Waals surface area contributed by atoms with E-state index in [1.165, 1.54) is 0 Å². The second-order valence-corrected chi connectivity index (χ2v) is 4.14. The molecule has 0 aliphatic rings. The second-order valence-electron chi connectivity index (χ2n) is 0.642. The Balaban J connectivity index is 3.05. The largest absolute Gasteiger partial charge is 0.309 e. The van der Waals surface area contributed by atoms with Crippen molar-refractivity contribution in [1.29, 1.82) is 0 Å². The number of hydrogen-bond donors (Lipinski definition) is 0. The molecule has 0 heterocycles. The van der Waals surface area contributed by atoms with Crippen molar-refractivity contribution in [2.45, 2.75) is 0 Å². The van der Waals surface area contributed by atoms with Crippen molar-refractivity contribution < 1.29 is 9.13 Å². The van der Waals surface area contributed by atoms with Gasteiger partial charge in [0.25, 0.3) is 0 Å². The van der Waals surface area contributed by atoms with E-state index in [9.17, 15) is 9.13 Å². The normalized spacial score (nSPS) is 14.8. The zero-order chi connectivity index (χ0) is 4.99. The average molecular weight is 144 g/mol. The maximum Gasteiger partial charge on any atom is 0.169 e. The van der Waals surface area contributed by atoms with Gasteiger partial charge in [0, 0.05) is 0 Å². The quantitative estimate of drug-likeness (QED) is 0.555. The highest BCUT2D eigenvalue weighted by Gasteiger charge is 1.86. The minimum atomic E-state index is -1.99. The van der Waals surface area contributed by atoms with Crippen molar-refractivity contribution in [2.75, 3.05) is 5.90 Å². The van der Waals surface area contributed by atoms with E-state index in [4.69, 9.17) is 11.2 Å². The van der Waals surface area contributed by atoms with Crippen LogP contribution in [0, 0.1) is 0 Å². The molecule has 6 heavy (non-hydrogen) atoms. The Morgan fingerprint density at radius 2 is 2.33 bits per heavy atom. The van der Waals surface area contributed by atoms with Gasteiger partial charge in [0.1, 0.15) is 0 Å². The van der Waals surface area contributed by atoms with E-state index < -0.39 is 7.15 Å². The van der Waals surface area contributed by atoms with Crippen molar-refractivity contribution in [3.63, 3.8) is 0 Å². The number of halogens is 1. The topological polar surface area (TPSA) is 34.1 Å². The molecule has 2 nitrogen and oxygen atoms in total. The lowest BCUT2D eigenvalue weighted by atomic mass is 11.9. The summed E-state index contributed by atoms with van der Waals surface area (Å²) in [5, 5.41) is 0. The minimum absolute atomic E-state index is 0.103. The monoisotopic (exact) mass is 144 g/mol. The Labute approximate surface area is 42.7 Å². The molecule has 0 amide bonds. The van der Waals surface area contributed by atoms with Crippen LogP contribution in [0.4, 0.5) is 0 Å². The molecule has 5 heteroatoms. The third-order valence-corrected chi connectivity index (χ3v) is 2.78. The van der Waals surface area contributed by atoms with Crippen LogP contribution in [-0.4, -0.2) is 5.90 Å². The summed E-state index contributed by atoms with van der Waals surface area (Å²) in [5.41, 5.74) is 0. The molecule has 0 bridgehead atoms. The third-order valence-electron chi connectivity index (χ3n) is 0.189. The highest BCUT2D eigenvalue weighted by molar-refractivity contribution is 7.78. The molecule has 0 aromatic rings. The van der Waals surface area contributed by atoms with Gasteiger partial charge < -0.3 is 4.57 Å². The van der Waals surface area contributed by atoms with Crippen LogP contribution < -0.4 is 0 Å². The number of rotatable bonds is 2. The van der Waals surface area contributed by atoms with Gasteiger partial charge in [-0.2, -0.15) is 0 Å². The van der Waals surface area contributed by atoms with Crippen LogP contribution in [0.2, 0.25) is 0 Å². The lowest BCUT2D eigenvalue weighted by molar-refractivity contribution is 0.593. The van der Waals surface area contributed by atoms with Crippen LogP contribution in [-0.2, 0) is 9.13 Å². The first-order valence-corrected chi connectivity index (χ1v) is 4.87. The highest BCUT2D eigenvalue weighted by Crippen LogP contribution is 2.29. The van der Waals surface area contributed by atoms with E-state index >= 15 is 0 Å². The van der Waals surface area contributed by atoms with Gasteiger partial charge in [0.2, 0.25) is 0 Å². The van der Waals surface area contributed by atoms with E-state index in [0.717, 1.165) is 0 Å². The van der Waals surface area contributed by atoms with Crippen LogP contribution >= 0.6 is 26.9 Å². The van der Waals surface area contributed by atoms with E-state index in [1.54, 1.807) is 0 Å². The first-order chi connectivity index (χ1) is 2.77. The van der Waals surface area contributed by atoms with Crippen molar-refractivity contribution in [3.8, 4) is 0 Å². The molecule has 1 atom stereocenters. The molecule has 0 aliphatic heterocycles. The van der Waals surface area contributed by atoms with Crippen LogP contribution in [0.1, 0.15) is 0 Å². The van der Waals surface area contributed by atoms with Gasteiger partial charge in [0.05, 0.1) is 5.90 Å². The molecule has 0 aromatic carbocycles. The fourth-order valence-electron chi connectivity index (χ4n) is 0.0507. The molecule has 0 aromatic heterocycles. The van der Waals surface area contributed by atoms with Crippen molar-refractivity contribution >= 4 is 26.9 Å². The Morgan fingerprint density at radius 1 is 1.83 bits per heavy atom. The summed E-state index contributed by atoms with van der Waals surface area (Å²) in [5.74, 6) is 0.103. The molecule has 0 radical (unpaired) electrons. The van der Waals surface area contributed by atoms with Crippen molar-refractivity contribution in [2.24, 2.45) is 0 Å². The summed E-state index contributed by atoms with van der Waals surface area (Å²) in [6.45, 7) is 0. The molecular formula is CH3ClO2P2. The van der Waals surface area contributed by atoms with Crippen LogP contribution in [0.25, 0.3) is 0 Å². The zero-order valence-corrected chi connectivity index (χ0v) is 5.50. The lowest BCUT2D eigenvalue weighted by Crippen LogP contribution is -1.43. The summed E-state index contributed by atoms with van der Waals surface area (Å²) in [7, 11) is -2.11. The molecule has 36 valence electrons. The zero-order valence-electron chi connectivity index (χ0n) is 2.85. The molecule has 0 rings (SSSR count). The van der Waals surface area contributed by atoms with Gasteiger partial charge >= 0.3 is 0 Å². The Kier molecular flexibility index (Phi) is 4.19. The molecule has 0 fully saturated rings. The van der Waals surface area contributed by atoms with Gasteiger partial charge in [-0.25, -0.2) is 0 Å². The Hall–Kier alpha value is 0.620. The van der Waals surface area contributed by atoms with E-state index in [-0.39, 0.29) is 14.4 Å². The van der Waals surface area contributed by atoms with Gasteiger partial charge in [-0.1, -0.05) is 11.2 Å². The standard InChI is InChI=1S/CH3ClO2P2/c2-6(4)1-5-3/h6H,1H2. The molecule has 0 N–H and O–H groups in total. The molecule has 0 spiro atoms. The highest BCUT2D eigenvalue weighted by atomic mass is 35.7. The minimum Gasteiger partial charge on any atom is -0.309 e. The van der Waals surface area contributed by atoms with Crippen molar-refractivity contribution in [1.82, 2.24) is 0 Å². The van der Waals surface area contributed by atoms with Crippen LogP contribution in [0.15, 0.2) is 0 Å². The van der Waals surface area contributed by atoms with Gasteiger partial charge in [-0.05, 0) is 0 Å². The maximum absolute atomic E-state index is 9.79. The molecule has 0 saturated heterocycles. The lowest BCUT2D eigenvalue weighted by Gasteiger charge is -1.69. The predicted octanol–water partition coefficient (Wildman–Crippen LogP) is 1.95. The summed E-state index contributed by atoms with van der Waals surface area (Å²) >= 11 is 4.92. The van der Waals surface area contributed by atoms with Crippen LogP contribution in [0.3, 0.4) is 0 Å².